The topological polar surface area (TPSA) is 61.9 Å². The molecule has 0 amide bonds. The van der Waals surface area contributed by atoms with Gasteiger partial charge in [0.2, 0.25) is 0 Å². The molecule has 3 heterocycles. The monoisotopic (exact) mass is 346 g/mol. The zero-order chi connectivity index (χ0) is 17.8. The average molecular weight is 346 g/mol. The summed E-state index contributed by atoms with van der Waals surface area (Å²) in [7, 11) is 0. The van der Waals surface area contributed by atoms with Gasteiger partial charge in [0.1, 0.15) is 5.82 Å². The van der Waals surface area contributed by atoms with E-state index in [1.54, 1.807) is 18.5 Å². The van der Waals surface area contributed by atoms with Crippen LogP contribution in [0.4, 0.5) is 0 Å². The fraction of sp³-hybridized carbons (Fsp3) is 0.286. The van der Waals surface area contributed by atoms with Gasteiger partial charge in [-0.15, -0.1) is 0 Å². The number of aromatic amines is 1. The Morgan fingerprint density at radius 3 is 2.73 bits per heavy atom. The third kappa shape index (κ3) is 3.89. The maximum atomic E-state index is 12.2. The molecule has 1 aromatic carbocycles. The van der Waals surface area contributed by atoms with Crippen LogP contribution in [0.25, 0.3) is 11.4 Å². The molecular formula is C21H22N4O. The van der Waals surface area contributed by atoms with Gasteiger partial charge in [0.05, 0.1) is 5.69 Å². The van der Waals surface area contributed by atoms with Crippen molar-refractivity contribution >= 4 is 0 Å². The van der Waals surface area contributed by atoms with E-state index in [-0.39, 0.29) is 11.5 Å². The lowest BCUT2D eigenvalue weighted by Crippen LogP contribution is -2.34. The van der Waals surface area contributed by atoms with Crippen LogP contribution < -0.4 is 5.56 Å². The largest absolute Gasteiger partial charge is 0.307 e. The first-order valence-electron chi connectivity index (χ1n) is 9.06. The zero-order valence-corrected chi connectivity index (χ0v) is 14.6. The number of aromatic nitrogens is 3. The molecule has 1 fully saturated rings. The summed E-state index contributed by atoms with van der Waals surface area (Å²) in [6.45, 7) is 2.96. The minimum absolute atomic E-state index is 0.0954. The predicted molar refractivity (Wildman–Crippen MR) is 102 cm³/mol. The lowest BCUT2D eigenvalue weighted by molar-refractivity contribution is 0.198. The highest BCUT2D eigenvalue weighted by molar-refractivity contribution is 5.53. The number of nitrogens with zero attached hydrogens (tertiary/aromatic N) is 3. The van der Waals surface area contributed by atoms with Crippen LogP contribution >= 0.6 is 0 Å². The predicted octanol–water partition coefficient (Wildman–Crippen LogP) is 3.21. The van der Waals surface area contributed by atoms with Gasteiger partial charge >= 0.3 is 0 Å². The van der Waals surface area contributed by atoms with Crippen LogP contribution in [0.15, 0.2) is 65.7 Å². The van der Waals surface area contributed by atoms with Gasteiger partial charge in [0.25, 0.3) is 5.56 Å². The van der Waals surface area contributed by atoms with Crippen molar-refractivity contribution in [3.8, 4) is 11.4 Å². The van der Waals surface area contributed by atoms with E-state index in [0.717, 1.165) is 43.7 Å². The summed E-state index contributed by atoms with van der Waals surface area (Å²) in [4.78, 5) is 26.3. The molecule has 1 aliphatic rings. The summed E-state index contributed by atoms with van der Waals surface area (Å²) in [5.74, 6) is 0.908. The van der Waals surface area contributed by atoms with Crippen molar-refractivity contribution < 1.29 is 0 Å². The van der Waals surface area contributed by atoms with Crippen molar-refractivity contribution in [1.82, 2.24) is 19.9 Å². The Labute approximate surface area is 152 Å². The SMILES string of the molecule is O=c1cc([C@H]2CCCN(Cc3ccccc3)C2)nc(-c2ccncc2)[nH]1. The van der Waals surface area contributed by atoms with Gasteiger partial charge in [0.15, 0.2) is 0 Å². The minimum atomic E-state index is -0.0954. The standard InChI is InChI=1S/C21H22N4O/c26-20-13-19(23-21(24-20)17-8-10-22-11-9-17)18-7-4-12-25(15-18)14-16-5-2-1-3-6-16/h1-3,5-6,8-11,13,18H,4,7,12,14-15H2,(H,23,24,26)/t18-/m0/s1. The van der Waals surface area contributed by atoms with Gasteiger partial charge in [-0.1, -0.05) is 30.3 Å². The first-order chi connectivity index (χ1) is 12.8. The van der Waals surface area contributed by atoms with E-state index in [2.05, 4.69) is 39.1 Å². The third-order valence-corrected chi connectivity index (χ3v) is 4.89. The van der Waals surface area contributed by atoms with Gasteiger partial charge in [-0.25, -0.2) is 4.98 Å². The highest BCUT2D eigenvalue weighted by Crippen LogP contribution is 2.27. The molecule has 26 heavy (non-hydrogen) atoms. The Bertz CT molecular complexity index is 908. The molecule has 1 N–H and O–H groups in total. The second-order valence-corrected chi connectivity index (χ2v) is 6.81. The van der Waals surface area contributed by atoms with Gasteiger partial charge in [-0.2, -0.15) is 0 Å². The van der Waals surface area contributed by atoms with E-state index in [4.69, 9.17) is 4.98 Å². The van der Waals surface area contributed by atoms with Gasteiger partial charge in [0, 0.05) is 43.0 Å². The van der Waals surface area contributed by atoms with Crippen LogP contribution in [-0.2, 0) is 6.54 Å². The van der Waals surface area contributed by atoms with Crippen molar-refractivity contribution in [2.24, 2.45) is 0 Å². The van der Waals surface area contributed by atoms with Crippen LogP contribution in [0.2, 0.25) is 0 Å². The Balaban J connectivity index is 1.55. The molecule has 1 aliphatic heterocycles. The Kier molecular flexibility index (Phi) is 4.88. The lowest BCUT2D eigenvalue weighted by Gasteiger charge is -2.32. The maximum Gasteiger partial charge on any atom is 0.251 e. The molecule has 1 atom stereocenters. The number of hydrogen-bond donors (Lipinski definition) is 1. The number of pyridine rings is 1. The smallest absolute Gasteiger partial charge is 0.251 e. The molecule has 0 spiro atoms. The second-order valence-electron chi connectivity index (χ2n) is 6.81. The van der Waals surface area contributed by atoms with E-state index in [9.17, 15) is 4.79 Å². The summed E-state index contributed by atoms with van der Waals surface area (Å²) in [5.41, 5.74) is 3.00. The second kappa shape index (κ2) is 7.62. The molecule has 0 bridgehead atoms. The molecule has 1 saturated heterocycles. The number of hydrogen-bond acceptors (Lipinski definition) is 4. The molecule has 5 nitrogen and oxygen atoms in total. The van der Waals surface area contributed by atoms with Crippen molar-refractivity contribution in [2.75, 3.05) is 13.1 Å². The quantitative estimate of drug-likeness (QED) is 0.788. The van der Waals surface area contributed by atoms with Crippen molar-refractivity contribution in [3.05, 3.63) is 82.5 Å². The number of rotatable bonds is 4. The first kappa shape index (κ1) is 16.7. The highest BCUT2D eigenvalue weighted by Gasteiger charge is 2.23. The van der Waals surface area contributed by atoms with Crippen molar-refractivity contribution in [3.63, 3.8) is 0 Å². The normalized spacial score (nSPS) is 17.9. The molecule has 0 saturated carbocycles. The Morgan fingerprint density at radius 2 is 1.92 bits per heavy atom. The van der Waals surface area contributed by atoms with Crippen molar-refractivity contribution in [2.45, 2.75) is 25.3 Å². The molecule has 4 rings (SSSR count). The van der Waals surface area contributed by atoms with Gasteiger partial charge in [-0.3, -0.25) is 14.7 Å². The summed E-state index contributed by atoms with van der Waals surface area (Å²) in [6.07, 6.45) is 5.61. The van der Waals surface area contributed by atoms with E-state index in [1.165, 1.54) is 5.56 Å². The van der Waals surface area contributed by atoms with Crippen LogP contribution in [0, 0.1) is 0 Å². The van der Waals surface area contributed by atoms with Crippen LogP contribution in [0.3, 0.4) is 0 Å². The lowest BCUT2D eigenvalue weighted by atomic mass is 9.94. The average Bonchev–Trinajstić information content (AvgIpc) is 2.69. The fourth-order valence-corrected chi connectivity index (χ4v) is 3.61. The minimum Gasteiger partial charge on any atom is -0.307 e. The zero-order valence-electron chi connectivity index (χ0n) is 14.6. The van der Waals surface area contributed by atoms with Gasteiger partial charge < -0.3 is 4.98 Å². The number of likely N-dealkylation sites (tertiary alicyclic amines) is 1. The Hall–Kier alpha value is -2.79. The fourth-order valence-electron chi connectivity index (χ4n) is 3.61. The summed E-state index contributed by atoms with van der Waals surface area (Å²) in [5, 5.41) is 0. The Morgan fingerprint density at radius 1 is 1.12 bits per heavy atom. The highest BCUT2D eigenvalue weighted by atomic mass is 16.1. The number of piperidine rings is 1. The summed E-state index contributed by atoms with van der Waals surface area (Å²) < 4.78 is 0. The molecule has 0 radical (unpaired) electrons. The van der Waals surface area contributed by atoms with Crippen molar-refractivity contribution in [1.29, 1.82) is 0 Å². The van der Waals surface area contributed by atoms with Gasteiger partial charge in [-0.05, 0) is 37.1 Å². The molecule has 2 aromatic heterocycles. The molecular weight excluding hydrogens is 324 g/mol. The maximum absolute atomic E-state index is 12.2. The van der Waals surface area contributed by atoms with E-state index in [1.807, 2.05) is 18.2 Å². The molecule has 5 heteroatoms. The van der Waals surface area contributed by atoms with E-state index in [0.29, 0.717) is 5.82 Å². The van der Waals surface area contributed by atoms with E-state index < -0.39 is 0 Å². The summed E-state index contributed by atoms with van der Waals surface area (Å²) in [6, 6.07) is 15.9. The molecule has 132 valence electrons. The molecule has 0 unspecified atom stereocenters. The van der Waals surface area contributed by atoms with Crippen LogP contribution in [-0.4, -0.2) is 32.9 Å². The molecule has 0 aliphatic carbocycles. The summed E-state index contributed by atoms with van der Waals surface area (Å²) >= 11 is 0. The molecule has 3 aromatic rings. The van der Waals surface area contributed by atoms with Crippen LogP contribution in [0.1, 0.15) is 30.0 Å². The number of H-pyrrole nitrogens is 1. The number of nitrogens with one attached hydrogen (secondary N) is 1. The van der Waals surface area contributed by atoms with Crippen LogP contribution in [0.5, 0.6) is 0 Å². The van der Waals surface area contributed by atoms with E-state index >= 15 is 0 Å². The number of benzene rings is 1. The first-order valence-corrected chi connectivity index (χ1v) is 9.06. The third-order valence-electron chi connectivity index (χ3n) is 4.89.